The van der Waals surface area contributed by atoms with E-state index in [4.69, 9.17) is 0 Å². The fraction of sp³-hybridized carbons (Fsp3) is 0.417. The highest BCUT2D eigenvalue weighted by molar-refractivity contribution is 6.04. The number of amides is 2. The third-order valence-corrected chi connectivity index (χ3v) is 6.38. The predicted molar refractivity (Wildman–Crippen MR) is 121 cm³/mol. The SMILES string of the molecule is O=C(Nc1ccccc1C(=O)N1CCN(c2ccccn2)CC1)[C@H]1CCCC[C@H]1C(=O)O. The Kier molecular flexibility index (Phi) is 6.68. The Morgan fingerprint density at radius 3 is 2.28 bits per heavy atom. The van der Waals surface area contributed by atoms with Gasteiger partial charge in [-0.05, 0) is 37.1 Å². The molecule has 2 fully saturated rings. The highest BCUT2D eigenvalue weighted by Crippen LogP contribution is 2.32. The standard InChI is InChI=1S/C24H28N4O4/c29-22(17-7-1-2-8-18(17)24(31)32)26-20-10-4-3-9-19(20)23(30)28-15-13-27(14-16-28)21-11-5-6-12-25-21/h3-6,9-12,17-18H,1-2,7-8,13-16H2,(H,26,29)(H,31,32)/t17-,18+/m0/s1. The van der Waals surface area contributed by atoms with E-state index in [9.17, 15) is 19.5 Å². The van der Waals surface area contributed by atoms with Crippen molar-refractivity contribution in [2.45, 2.75) is 25.7 Å². The largest absolute Gasteiger partial charge is 0.481 e. The van der Waals surface area contributed by atoms with Gasteiger partial charge in [-0.2, -0.15) is 0 Å². The van der Waals surface area contributed by atoms with Gasteiger partial charge in [0.05, 0.1) is 23.1 Å². The van der Waals surface area contributed by atoms with Gasteiger partial charge in [-0.15, -0.1) is 0 Å². The highest BCUT2D eigenvalue weighted by Gasteiger charge is 2.36. The molecule has 2 amide bonds. The van der Waals surface area contributed by atoms with Crippen LogP contribution < -0.4 is 10.2 Å². The van der Waals surface area contributed by atoms with Gasteiger partial charge in [-0.1, -0.05) is 31.0 Å². The number of carbonyl (C=O) groups excluding carboxylic acids is 2. The second-order valence-corrected chi connectivity index (χ2v) is 8.34. The van der Waals surface area contributed by atoms with Crippen LogP contribution in [0.15, 0.2) is 48.7 Å². The Bertz CT molecular complexity index is 973. The fourth-order valence-electron chi connectivity index (χ4n) is 4.59. The number of carbonyl (C=O) groups is 3. The van der Waals surface area contributed by atoms with Crippen LogP contribution in [-0.4, -0.2) is 59.0 Å². The van der Waals surface area contributed by atoms with Crippen molar-refractivity contribution >= 4 is 29.3 Å². The van der Waals surface area contributed by atoms with Crippen molar-refractivity contribution in [2.24, 2.45) is 11.8 Å². The van der Waals surface area contributed by atoms with Gasteiger partial charge in [0.1, 0.15) is 5.82 Å². The number of hydrogen-bond donors (Lipinski definition) is 2. The Balaban J connectivity index is 1.43. The van der Waals surface area contributed by atoms with Gasteiger partial charge in [0.15, 0.2) is 0 Å². The summed E-state index contributed by atoms with van der Waals surface area (Å²) in [6, 6.07) is 12.7. The Morgan fingerprint density at radius 2 is 1.59 bits per heavy atom. The zero-order valence-corrected chi connectivity index (χ0v) is 17.9. The lowest BCUT2D eigenvalue weighted by Gasteiger charge is -2.35. The van der Waals surface area contributed by atoms with E-state index >= 15 is 0 Å². The fourth-order valence-corrected chi connectivity index (χ4v) is 4.59. The van der Waals surface area contributed by atoms with Crippen molar-refractivity contribution in [3.63, 3.8) is 0 Å². The van der Waals surface area contributed by atoms with Crippen LogP contribution in [0.5, 0.6) is 0 Å². The van der Waals surface area contributed by atoms with Crippen molar-refractivity contribution in [1.82, 2.24) is 9.88 Å². The quantitative estimate of drug-likeness (QED) is 0.747. The van der Waals surface area contributed by atoms with Crippen molar-refractivity contribution in [3.05, 3.63) is 54.2 Å². The topological polar surface area (TPSA) is 103 Å². The molecule has 1 aliphatic carbocycles. The number of carboxylic acid groups (broad SMARTS) is 1. The van der Waals surface area contributed by atoms with Crippen molar-refractivity contribution < 1.29 is 19.5 Å². The number of nitrogens with zero attached hydrogens (tertiary/aromatic N) is 3. The number of rotatable bonds is 5. The minimum absolute atomic E-state index is 0.139. The number of benzene rings is 1. The lowest BCUT2D eigenvalue weighted by atomic mass is 9.78. The molecule has 1 aliphatic heterocycles. The molecule has 2 heterocycles. The second-order valence-electron chi connectivity index (χ2n) is 8.34. The van der Waals surface area contributed by atoms with Crippen LogP contribution in [-0.2, 0) is 9.59 Å². The average molecular weight is 437 g/mol. The number of hydrogen-bond acceptors (Lipinski definition) is 5. The molecule has 2 atom stereocenters. The molecule has 0 spiro atoms. The summed E-state index contributed by atoms with van der Waals surface area (Å²) in [6.45, 7) is 2.47. The zero-order valence-electron chi connectivity index (χ0n) is 17.9. The van der Waals surface area contributed by atoms with Crippen LogP contribution in [0.4, 0.5) is 11.5 Å². The number of nitrogens with one attached hydrogen (secondary N) is 1. The van der Waals surface area contributed by atoms with E-state index in [1.54, 1.807) is 35.4 Å². The summed E-state index contributed by atoms with van der Waals surface area (Å²) in [6.07, 6.45) is 4.47. The molecule has 0 radical (unpaired) electrons. The summed E-state index contributed by atoms with van der Waals surface area (Å²) in [5, 5.41) is 12.3. The van der Waals surface area contributed by atoms with E-state index in [1.807, 2.05) is 18.2 Å². The molecular formula is C24H28N4O4. The molecule has 8 heteroatoms. The molecule has 1 aromatic heterocycles. The molecule has 2 N–H and O–H groups in total. The van der Waals surface area contributed by atoms with Gasteiger partial charge in [0.25, 0.3) is 5.91 Å². The van der Waals surface area contributed by atoms with Gasteiger partial charge in [0.2, 0.25) is 5.91 Å². The van der Waals surface area contributed by atoms with Gasteiger partial charge >= 0.3 is 5.97 Å². The number of aliphatic carboxylic acids is 1. The summed E-state index contributed by atoms with van der Waals surface area (Å²) in [7, 11) is 0. The molecule has 1 aromatic carbocycles. The minimum Gasteiger partial charge on any atom is -0.481 e. The third-order valence-electron chi connectivity index (χ3n) is 6.38. The molecular weight excluding hydrogens is 408 g/mol. The lowest BCUT2D eigenvalue weighted by molar-refractivity contribution is -0.147. The summed E-state index contributed by atoms with van der Waals surface area (Å²) in [5.41, 5.74) is 0.860. The molecule has 0 bridgehead atoms. The Hall–Kier alpha value is -3.42. The van der Waals surface area contributed by atoms with Crippen LogP contribution in [0.25, 0.3) is 0 Å². The van der Waals surface area contributed by atoms with Gasteiger partial charge in [-0.25, -0.2) is 4.98 Å². The third kappa shape index (κ3) is 4.74. The molecule has 2 aliphatic rings. The van der Waals surface area contributed by atoms with Crippen LogP contribution >= 0.6 is 0 Å². The van der Waals surface area contributed by atoms with Gasteiger partial charge < -0.3 is 20.2 Å². The number of piperazine rings is 1. The predicted octanol–water partition coefficient (Wildman–Crippen LogP) is 2.87. The number of aromatic nitrogens is 1. The Morgan fingerprint density at radius 1 is 0.906 bits per heavy atom. The van der Waals surface area contributed by atoms with E-state index in [1.165, 1.54) is 0 Å². The molecule has 32 heavy (non-hydrogen) atoms. The molecule has 1 saturated heterocycles. The van der Waals surface area contributed by atoms with E-state index in [-0.39, 0.29) is 11.8 Å². The first-order valence-electron chi connectivity index (χ1n) is 11.1. The van der Waals surface area contributed by atoms with E-state index < -0.39 is 17.8 Å². The van der Waals surface area contributed by atoms with Crippen molar-refractivity contribution in [2.75, 3.05) is 36.4 Å². The summed E-state index contributed by atoms with van der Waals surface area (Å²) in [5.74, 6) is -1.75. The Labute approximate surface area is 187 Å². The minimum atomic E-state index is -0.931. The van der Waals surface area contributed by atoms with Crippen molar-refractivity contribution in [3.8, 4) is 0 Å². The van der Waals surface area contributed by atoms with Gasteiger partial charge in [-0.3, -0.25) is 14.4 Å². The number of carboxylic acids is 1. The highest BCUT2D eigenvalue weighted by atomic mass is 16.4. The smallest absolute Gasteiger partial charge is 0.307 e. The maximum absolute atomic E-state index is 13.2. The first-order chi connectivity index (χ1) is 15.5. The maximum Gasteiger partial charge on any atom is 0.307 e. The van der Waals surface area contributed by atoms with E-state index in [0.717, 1.165) is 18.7 Å². The normalized spacial score (nSPS) is 21.1. The van der Waals surface area contributed by atoms with Crippen LogP contribution in [0, 0.1) is 11.8 Å². The van der Waals surface area contributed by atoms with Crippen LogP contribution in [0.3, 0.4) is 0 Å². The van der Waals surface area contributed by atoms with Crippen LogP contribution in [0.2, 0.25) is 0 Å². The summed E-state index contributed by atoms with van der Waals surface area (Å²) >= 11 is 0. The molecule has 0 unspecified atom stereocenters. The second kappa shape index (κ2) is 9.80. The maximum atomic E-state index is 13.2. The first-order valence-corrected chi connectivity index (χ1v) is 11.1. The molecule has 2 aromatic rings. The molecule has 1 saturated carbocycles. The number of para-hydroxylation sites is 1. The average Bonchev–Trinajstić information content (AvgIpc) is 2.84. The van der Waals surface area contributed by atoms with E-state index in [0.29, 0.717) is 50.3 Å². The number of anilines is 2. The zero-order chi connectivity index (χ0) is 22.5. The van der Waals surface area contributed by atoms with E-state index in [2.05, 4.69) is 15.2 Å². The lowest BCUT2D eigenvalue weighted by Crippen LogP contribution is -2.49. The van der Waals surface area contributed by atoms with Gasteiger partial charge in [0, 0.05) is 32.4 Å². The summed E-state index contributed by atoms with van der Waals surface area (Å²) < 4.78 is 0. The number of pyridine rings is 1. The first kappa shape index (κ1) is 21.8. The molecule has 168 valence electrons. The molecule has 8 nitrogen and oxygen atoms in total. The van der Waals surface area contributed by atoms with Crippen LogP contribution in [0.1, 0.15) is 36.0 Å². The molecule has 4 rings (SSSR count). The monoisotopic (exact) mass is 436 g/mol. The van der Waals surface area contributed by atoms with Crippen molar-refractivity contribution in [1.29, 1.82) is 0 Å². The summed E-state index contributed by atoms with van der Waals surface area (Å²) in [4.78, 5) is 46.0.